The van der Waals surface area contributed by atoms with Gasteiger partial charge in [-0.25, -0.2) is 4.98 Å². The van der Waals surface area contributed by atoms with Crippen LogP contribution in [0.3, 0.4) is 0 Å². The van der Waals surface area contributed by atoms with Crippen LogP contribution in [-0.2, 0) is 4.79 Å². The first kappa shape index (κ1) is 14.0. The molecule has 0 bridgehead atoms. The number of halogens is 1. The van der Waals surface area contributed by atoms with Crippen molar-refractivity contribution in [2.45, 2.75) is 19.8 Å². The van der Waals surface area contributed by atoms with Gasteiger partial charge in [-0.1, -0.05) is 0 Å². The molecule has 1 aromatic heterocycles. The number of carboxylic acid groups (broad SMARTS) is 1. The van der Waals surface area contributed by atoms with Crippen LogP contribution in [0.25, 0.3) is 0 Å². The van der Waals surface area contributed by atoms with Gasteiger partial charge in [0.2, 0.25) is 0 Å². The average Bonchev–Trinajstić information content (AvgIpc) is 2.38. The Morgan fingerprint density at radius 2 is 2.05 bits per heavy atom. The number of carbonyl (C=O) groups excluding carboxylic acids is 1. The number of piperidine rings is 1. The van der Waals surface area contributed by atoms with Crippen molar-refractivity contribution in [1.82, 2.24) is 9.88 Å². The van der Waals surface area contributed by atoms with Crippen LogP contribution in [0, 0.1) is 5.41 Å². The molecule has 0 atom stereocenters. The SMILES string of the molecule is CC1(C(=O)O)CCN(C(=O)c2ccnc(Br)c2)CC1. The van der Waals surface area contributed by atoms with Gasteiger partial charge in [-0.05, 0) is 47.8 Å². The number of amides is 1. The smallest absolute Gasteiger partial charge is 0.309 e. The summed E-state index contributed by atoms with van der Waals surface area (Å²) in [5.41, 5.74) is -0.143. The minimum absolute atomic E-state index is 0.0736. The third-order valence-corrected chi connectivity index (χ3v) is 4.08. The van der Waals surface area contributed by atoms with Crippen LogP contribution < -0.4 is 0 Å². The second kappa shape index (κ2) is 5.28. The largest absolute Gasteiger partial charge is 0.481 e. The molecule has 2 heterocycles. The predicted molar refractivity (Wildman–Crippen MR) is 72.8 cm³/mol. The van der Waals surface area contributed by atoms with E-state index in [9.17, 15) is 9.59 Å². The lowest BCUT2D eigenvalue weighted by molar-refractivity contribution is -0.150. The number of aromatic nitrogens is 1. The molecule has 1 aromatic rings. The Balaban J connectivity index is 2.06. The summed E-state index contributed by atoms with van der Waals surface area (Å²) in [5, 5.41) is 9.16. The Bertz CT molecular complexity index is 510. The standard InChI is InChI=1S/C13H15BrN2O3/c1-13(12(18)19)3-6-16(7-4-13)11(17)9-2-5-15-10(14)8-9/h2,5,8H,3-4,6-7H2,1H3,(H,18,19). The van der Waals surface area contributed by atoms with Gasteiger partial charge in [0.25, 0.3) is 5.91 Å². The molecule has 0 unspecified atom stereocenters. The molecule has 5 nitrogen and oxygen atoms in total. The van der Waals surface area contributed by atoms with Gasteiger partial charge in [0, 0.05) is 24.8 Å². The number of rotatable bonds is 2. The Kier molecular flexibility index (Phi) is 3.89. The van der Waals surface area contributed by atoms with Crippen LogP contribution in [0.4, 0.5) is 0 Å². The minimum atomic E-state index is -0.786. The van der Waals surface area contributed by atoms with Crippen molar-refractivity contribution in [2.24, 2.45) is 5.41 Å². The molecule has 2 rings (SSSR count). The van der Waals surface area contributed by atoms with Crippen molar-refractivity contribution in [3.63, 3.8) is 0 Å². The van der Waals surface area contributed by atoms with Crippen molar-refractivity contribution in [2.75, 3.05) is 13.1 Å². The second-order valence-electron chi connectivity index (χ2n) is 5.03. The quantitative estimate of drug-likeness (QED) is 0.845. The fraction of sp³-hybridized carbons (Fsp3) is 0.462. The van der Waals surface area contributed by atoms with Gasteiger partial charge < -0.3 is 10.0 Å². The van der Waals surface area contributed by atoms with E-state index in [-0.39, 0.29) is 5.91 Å². The highest BCUT2D eigenvalue weighted by atomic mass is 79.9. The van der Waals surface area contributed by atoms with E-state index in [2.05, 4.69) is 20.9 Å². The second-order valence-corrected chi connectivity index (χ2v) is 5.84. The summed E-state index contributed by atoms with van der Waals surface area (Å²) in [4.78, 5) is 29.1. The van der Waals surface area contributed by atoms with Crippen molar-refractivity contribution in [1.29, 1.82) is 0 Å². The number of carboxylic acids is 1. The highest BCUT2D eigenvalue weighted by Crippen LogP contribution is 2.31. The summed E-state index contributed by atoms with van der Waals surface area (Å²) in [5.74, 6) is -0.859. The molecule has 0 aliphatic carbocycles. The average molecular weight is 327 g/mol. The number of hydrogen-bond acceptors (Lipinski definition) is 3. The van der Waals surface area contributed by atoms with Crippen LogP contribution in [0.2, 0.25) is 0 Å². The molecule has 1 fully saturated rings. The lowest BCUT2D eigenvalue weighted by Crippen LogP contribution is -2.45. The van der Waals surface area contributed by atoms with E-state index in [0.717, 1.165) is 0 Å². The Morgan fingerprint density at radius 1 is 1.42 bits per heavy atom. The number of hydrogen-bond donors (Lipinski definition) is 1. The number of likely N-dealkylation sites (tertiary alicyclic amines) is 1. The molecular formula is C13H15BrN2O3. The molecule has 0 aromatic carbocycles. The van der Waals surface area contributed by atoms with Crippen LogP contribution in [0.5, 0.6) is 0 Å². The van der Waals surface area contributed by atoms with E-state index < -0.39 is 11.4 Å². The molecule has 0 spiro atoms. The van der Waals surface area contributed by atoms with E-state index in [0.29, 0.717) is 36.1 Å². The molecule has 1 aliphatic rings. The van der Waals surface area contributed by atoms with Crippen LogP contribution in [0.15, 0.2) is 22.9 Å². The van der Waals surface area contributed by atoms with Gasteiger partial charge in [-0.3, -0.25) is 9.59 Å². The summed E-state index contributed by atoms with van der Waals surface area (Å²) in [7, 11) is 0. The number of nitrogens with zero attached hydrogens (tertiary/aromatic N) is 2. The summed E-state index contributed by atoms with van der Waals surface area (Å²) in [6.07, 6.45) is 2.54. The molecule has 1 N–H and O–H groups in total. The number of pyridine rings is 1. The van der Waals surface area contributed by atoms with Gasteiger partial charge in [0.05, 0.1) is 5.41 Å². The first-order valence-electron chi connectivity index (χ1n) is 6.07. The van der Waals surface area contributed by atoms with E-state index >= 15 is 0 Å². The van der Waals surface area contributed by atoms with Gasteiger partial charge in [-0.2, -0.15) is 0 Å². The molecule has 1 amide bonds. The fourth-order valence-corrected chi connectivity index (χ4v) is 2.50. The Hall–Kier alpha value is -1.43. The zero-order chi connectivity index (χ0) is 14.0. The first-order chi connectivity index (χ1) is 8.92. The zero-order valence-corrected chi connectivity index (χ0v) is 12.2. The topological polar surface area (TPSA) is 70.5 Å². The molecule has 19 heavy (non-hydrogen) atoms. The van der Waals surface area contributed by atoms with E-state index in [1.54, 1.807) is 30.2 Å². The van der Waals surface area contributed by atoms with Crippen molar-refractivity contribution >= 4 is 27.8 Å². The van der Waals surface area contributed by atoms with Crippen LogP contribution >= 0.6 is 15.9 Å². The van der Waals surface area contributed by atoms with E-state index in [4.69, 9.17) is 5.11 Å². The zero-order valence-electron chi connectivity index (χ0n) is 10.6. The number of carbonyl (C=O) groups is 2. The normalized spacial score (nSPS) is 18.1. The van der Waals surface area contributed by atoms with Crippen LogP contribution in [0.1, 0.15) is 30.1 Å². The van der Waals surface area contributed by atoms with E-state index in [1.165, 1.54) is 0 Å². The number of aliphatic carboxylic acids is 1. The maximum absolute atomic E-state index is 12.3. The highest BCUT2D eigenvalue weighted by Gasteiger charge is 2.38. The first-order valence-corrected chi connectivity index (χ1v) is 6.86. The maximum Gasteiger partial charge on any atom is 0.309 e. The molecule has 102 valence electrons. The van der Waals surface area contributed by atoms with Crippen molar-refractivity contribution < 1.29 is 14.7 Å². The molecule has 1 saturated heterocycles. The molecular weight excluding hydrogens is 312 g/mol. The third-order valence-electron chi connectivity index (χ3n) is 3.64. The summed E-state index contributed by atoms with van der Waals surface area (Å²) in [6.45, 7) is 2.68. The van der Waals surface area contributed by atoms with Crippen LogP contribution in [-0.4, -0.2) is 40.0 Å². The van der Waals surface area contributed by atoms with E-state index in [1.807, 2.05) is 0 Å². The van der Waals surface area contributed by atoms with Crippen molar-refractivity contribution in [3.05, 3.63) is 28.5 Å². The van der Waals surface area contributed by atoms with Crippen molar-refractivity contribution in [3.8, 4) is 0 Å². The lowest BCUT2D eigenvalue weighted by Gasteiger charge is -2.36. The van der Waals surface area contributed by atoms with Gasteiger partial charge in [0.1, 0.15) is 4.60 Å². The Morgan fingerprint density at radius 3 is 2.58 bits per heavy atom. The van der Waals surface area contributed by atoms with Gasteiger partial charge in [-0.15, -0.1) is 0 Å². The highest BCUT2D eigenvalue weighted by molar-refractivity contribution is 9.10. The minimum Gasteiger partial charge on any atom is -0.481 e. The van der Waals surface area contributed by atoms with Gasteiger partial charge >= 0.3 is 5.97 Å². The Labute approximate surface area is 119 Å². The lowest BCUT2D eigenvalue weighted by atomic mass is 9.80. The maximum atomic E-state index is 12.3. The molecule has 6 heteroatoms. The summed E-state index contributed by atoms with van der Waals surface area (Å²) < 4.78 is 0.616. The fourth-order valence-electron chi connectivity index (χ4n) is 2.14. The molecule has 0 radical (unpaired) electrons. The monoisotopic (exact) mass is 326 g/mol. The summed E-state index contributed by atoms with van der Waals surface area (Å²) in [6, 6.07) is 3.34. The van der Waals surface area contributed by atoms with Gasteiger partial charge in [0.15, 0.2) is 0 Å². The molecule has 0 saturated carbocycles. The molecule has 1 aliphatic heterocycles. The predicted octanol–water partition coefficient (Wildman–Crippen LogP) is 2.17. The third kappa shape index (κ3) is 2.94. The summed E-state index contributed by atoms with van der Waals surface area (Å²) >= 11 is 3.23.